The third kappa shape index (κ3) is 7.16. The zero-order valence-electron chi connectivity index (χ0n) is 17.6. The molecular formula is C25H38O2. The number of rotatable bonds is 12. The molecule has 1 aliphatic carbocycles. The zero-order chi connectivity index (χ0) is 19.5. The maximum absolute atomic E-state index is 12.9. The molecular weight excluding hydrogens is 332 g/mol. The highest BCUT2D eigenvalue weighted by atomic mass is 16.5. The molecule has 2 atom stereocenters. The van der Waals surface area contributed by atoms with Crippen LogP contribution >= 0.6 is 0 Å². The van der Waals surface area contributed by atoms with Crippen LogP contribution in [0.1, 0.15) is 90.5 Å². The van der Waals surface area contributed by atoms with Crippen LogP contribution in [0, 0.1) is 11.8 Å². The van der Waals surface area contributed by atoms with Crippen LogP contribution in [0.3, 0.4) is 0 Å². The van der Waals surface area contributed by atoms with Gasteiger partial charge in [-0.15, -0.1) is 0 Å². The van der Waals surface area contributed by atoms with Gasteiger partial charge >= 0.3 is 0 Å². The van der Waals surface area contributed by atoms with Crippen LogP contribution in [0.5, 0.6) is 5.75 Å². The molecule has 0 heterocycles. The van der Waals surface area contributed by atoms with Crippen molar-refractivity contribution < 1.29 is 9.53 Å². The predicted octanol–water partition coefficient (Wildman–Crippen LogP) is 7.22. The second kappa shape index (κ2) is 12.0. The lowest BCUT2D eigenvalue weighted by Gasteiger charge is -2.24. The van der Waals surface area contributed by atoms with Gasteiger partial charge in [0.15, 0.2) is 5.78 Å². The van der Waals surface area contributed by atoms with Crippen LogP contribution in [0.4, 0.5) is 0 Å². The summed E-state index contributed by atoms with van der Waals surface area (Å²) in [7, 11) is 0. The first-order valence-corrected chi connectivity index (χ1v) is 11.1. The highest BCUT2D eigenvalue weighted by Gasteiger charge is 2.27. The van der Waals surface area contributed by atoms with Crippen LogP contribution in [0.2, 0.25) is 0 Å². The van der Waals surface area contributed by atoms with Crippen molar-refractivity contribution in [2.24, 2.45) is 11.8 Å². The van der Waals surface area contributed by atoms with Gasteiger partial charge in [-0.05, 0) is 49.3 Å². The molecule has 0 amide bonds. The largest absolute Gasteiger partial charge is 0.494 e. The van der Waals surface area contributed by atoms with E-state index in [-0.39, 0.29) is 5.92 Å². The Morgan fingerprint density at radius 3 is 2.44 bits per heavy atom. The Kier molecular flexibility index (Phi) is 9.66. The molecule has 0 radical (unpaired) electrons. The zero-order valence-corrected chi connectivity index (χ0v) is 17.6. The highest BCUT2D eigenvalue weighted by molar-refractivity contribution is 6.22. The van der Waals surface area contributed by atoms with Crippen LogP contribution in [0.25, 0.3) is 5.57 Å². The van der Waals surface area contributed by atoms with Gasteiger partial charge in [-0.2, -0.15) is 0 Å². The second-order valence-electron chi connectivity index (χ2n) is 8.15. The van der Waals surface area contributed by atoms with Crippen LogP contribution < -0.4 is 4.74 Å². The minimum Gasteiger partial charge on any atom is -0.494 e. The molecule has 0 bridgehead atoms. The van der Waals surface area contributed by atoms with Crippen LogP contribution in [0.15, 0.2) is 30.3 Å². The van der Waals surface area contributed by atoms with Crippen molar-refractivity contribution in [2.45, 2.75) is 85.0 Å². The Balaban J connectivity index is 1.82. The Hall–Kier alpha value is -1.57. The molecule has 27 heavy (non-hydrogen) atoms. The van der Waals surface area contributed by atoms with E-state index in [1.807, 2.05) is 24.3 Å². The number of Topliss-reactive ketones (excluding diaryl/α,β-unsaturated/α-hetero) is 1. The molecule has 2 nitrogen and oxygen atoms in total. The third-order valence-corrected chi connectivity index (χ3v) is 5.82. The van der Waals surface area contributed by atoms with Crippen molar-refractivity contribution in [3.05, 3.63) is 35.9 Å². The molecule has 1 aromatic carbocycles. The summed E-state index contributed by atoms with van der Waals surface area (Å²) in [5.74, 6) is 2.06. The van der Waals surface area contributed by atoms with Crippen molar-refractivity contribution in [1.82, 2.24) is 0 Å². The van der Waals surface area contributed by atoms with Gasteiger partial charge in [0, 0.05) is 11.5 Å². The number of unbranched alkanes of at least 4 members (excludes halogenated alkanes) is 5. The lowest BCUT2D eigenvalue weighted by Crippen LogP contribution is -2.21. The Morgan fingerprint density at radius 1 is 1.04 bits per heavy atom. The maximum Gasteiger partial charge on any atom is 0.166 e. The lowest BCUT2D eigenvalue weighted by molar-refractivity contribution is -0.118. The molecule has 2 rings (SSSR count). The van der Waals surface area contributed by atoms with Crippen molar-refractivity contribution >= 4 is 11.4 Å². The maximum atomic E-state index is 12.9. The molecule has 0 fully saturated rings. The molecule has 1 aliphatic rings. The standard InChI is InChI=1S/C25H38O2/c1-4-6-7-8-9-10-18-27-23-16-14-21(15-17-23)24-13-11-12-22(25(24)26)19-20(3)5-2/h13-17,20,22H,4-12,18-19H2,1-3H3. The van der Waals surface area contributed by atoms with Gasteiger partial charge in [0.2, 0.25) is 0 Å². The number of carbonyl (C=O) groups excluding carboxylic acids is 1. The number of hydrogen-bond donors (Lipinski definition) is 0. The topological polar surface area (TPSA) is 26.3 Å². The summed E-state index contributed by atoms with van der Waals surface area (Å²) in [5, 5.41) is 0. The molecule has 0 N–H and O–H groups in total. The summed E-state index contributed by atoms with van der Waals surface area (Å²) in [6.45, 7) is 7.49. The molecule has 0 aromatic heterocycles. The van der Waals surface area contributed by atoms with Gasteiger partial charge < -0.3 is 4.74 Å². The second-order valence-corrected chi connectivity index (χ2v) is 8.15. The van der Waals surface area contributed by atoms with E-state index < -0.39 is 0 Å². The highest BCUT2D eigenvalue weighted by Crippen LogP contribution is 2.32. The predicted molar refractivity (Wildman–Crippen MR) is 115 cm³/mol. The average molecular weight is 371 g/mol. The minimum absolute atomic E-state index is 0.198. The van der Waals surface area contributed by atoms with E-state index in [0.717, 1.165) is 55.6 Å². The number of benzene rings is 1. The van der Waals surface area contributed by atoms with Crippen LogP contribution in [-0.4, -0.2) is 12.4 Å². The fraction of sp³-hybridized carbons (Fsp3) is 0.640. The summed E-state index contributed by atoms with van der Waals surface area (Å²) in [4.78, 5) is 12.9. The van der Waals surface area contributed by atoms with Gasteiger partial charge in [0.1, 0.15) is 5.75 Å². The number of carbonyl (C=O) groups is 1. The number of hydrogen-bond acceptors (Lipinski definition) is 2. The number of allylic oxidation sites excluding steroid dienone is 2. The van der Waals surface area contributed by atoms with Gasteiger partial charge in [0.05, 0.1) is 6.61 Å². The molecule has 0 saturated carbocycles. The quantitative estimate of drug-likeness (QED) is 0.363. The first kappa shape index (κ1) is 21.7. The molecule has 2 unspecified atom stereocenters. The smallest absolute Gasteiger partial charge is 0.166 e. The van der Waals surface area contributed by atoms with E-state index in [0.29, 0.717) is 11.7 Å². The monoisotopic (exact) mass is 370 g/mol. The number of ketones is 1. The van der Waals surface area contributed by atoms with Crippen LogP contribution in [-0.2, 0) is 4.79 Å². The summed E-state index contributed by atoms with van der Waals surface area (Å²) >= 11 is 0. The summed E-state index contributed by atoms with van der Waals surface area (Å²) in [6.07, 6.45) is 14.0. The van der Waals surface area contributed by atoms with Crippen molar-refractivity contribution in [1.29, 1.82) is 0 Å². The van der Waals surface area contributed by atoms with Crippen molar-refractivity contribution in [3.63, 3.8) is 0 Å². The molecule has 2 heteroatoms. The van der Waals surface area contributed by atoms with E-state index in [4.69, 9.17) is 4.74 Å². The molecule has 0 aliphatic heterocycles. The van der Waals surface area contributed by atoms with Crippen molar-refractivity contribution in [3.8, 4) is 5.75 Å². The van der Waals surface area contributed by atoms with Gasteiger partial charge in [-0.1, -0.05) is 77.5 Å². The van der Waals surface area contributed by atoms with Gasteiger partial charge in [-0.25, -0.2) is 0 Å². The Labute approximate surface area is 166 Å². The minimum atomic E-state index is 0.198. The Bertz CT molecular complexity index is 585. The van der Waals surface area contributed by atoms with E-state index in [9.17, 15) is 4.79 Å². The summed E-state index contributed by atoms with van der Waals surface area (Å²) in [6, 6.07) is 8.12. The van der Waals surface area contributed by atoms with E-state index in [1.54, 1.807) is 0 Å². The van der Waals surface area contributed by atoms with E-state index >= 15 is 0 Å². The fourth-order valence-electron chi connectivity index (χ4n) is 3.82. The third-order valence-electron chi connectivity index (χ3n) is 5.82. The SMILES string of the molecule is CCCCCCCCOc1ccc(C2=CCCC(CC(C)CC)C2=O)cc1. The molecule has 0 saturated heterocycles. The molecule has 150 valence electrons. The first-order chi connectivity index (χ1) is 13.2. The normalized spacial score (nSPS) is 18.3. The summed E-state index contributed by atoms with van der Waals surface area (Å²) in [5.41, 5.74) is 1.96. The summed E-state index contributed by atoms with van der Waals surface area (Å²) < 4.78 is 5.87. The fourth-order valence-corrected chi connectivity index (χ4v) is 3.82. The number of ether oxygens (including phenoxy) is 1. The van der Waals surface area contributed by atoms with E-state index in [1.165, 1.54) is 32.1 Å². The first-order valence-electron chi connectivity index (χ1n) is 11.1. The Morgan fingerprint density at radius 2 is 1.74 bits per heavy atom. The van der Waals surface area contributed by atoms with Gasteiger partial charge in [0.25, 0.3) is 0 Å². The van der Waals surface area contributed by atoms with Gasteiger partial charge in [-0.3, -0.25) is 4.79 Å². The molecule has 1 aromatic rings. The lowest BCUT2D eigenvalue weighted by atomic mass is 9.79. The van der Waals surface area contributed by atoms with E-state index in [2.05, 4.69) is 26.8 Å². The molecule has 0 spiro atoms. The van der Waals surface area contributed by atoms with Crippen molar-refractivity contribution in [2.75, 3.05) is 6.61 Å². The average Bonchev–Trinajstić information content (AvgIpc) is 2.69.